The Bertz CT molecular complexity index is 1650. The molecule has 0 aliphatic carbocycles. The number of likely N-dealkylation sites (N-methyl/N-ethyl adjacent to an activating group) is 2. The summed E-state index contributed by atoms with van der Waals surface area (Å²) in [6.45, 7) is 4.12. The topological polar surface area (TPSA) is 135 Å². The van der Waals surface area contributed by atoms with E-state index in [1.165, 1.54) is 20.4 Å². The summed E-state index contributed by atoms with van der Waals surface area (Å²) in [7, 11) is 5.34. The van der Waals surface area contributed by atoms with Gasteiger partial charge in [0.25, 0.3) is 5.91 Å². The van der Waals surface area contributed by atoms with Gasteiger partial charge in [-0.1, -0.05) is 18.2 Å². The number of fused-ring (bicyclic) bond motifs is 1. The van der Waals surface area contributed by atoms with Crippen LogP contribution >= 0.6 is 0 Å². The molecule has 0 saturated heterocycles. The fourth-order valence-electron chi connectivity index (χ4n) is 4.01. The van der Waals surface area contributed by atoms with Gasteiger partial charge in [-0.2, -0.15) is 5.26 Å². The number of para-hydroxylation sites is 1. The van der Waals surface area contributed by atoms with Crippen LogP contribution in [-0.4, -0.2) is 68.0 Å². The first-order valence-electron chi connectivity index (χ1n) is 12.6. The third-order valence-corrected chi connectivity index (χ3v) is 6.81. The second-order valence-corrected chi connectivity index (χ2v) is 10.1. The average molecular weight is 541 g/mol. The minimum Gasteiger partial charge on any atom is -0.457 e. The lowest BCUT2D eigenvalue weighted by atomic mass is 10.00. The fraction of sp³-hybridized carbons (Fsp3) is 0.276. The molecule has 0 atom stereocenters. The molecule has 0 radical (unpaired) electrons. The molecule has 11 nitrogen and oxygen atoms in total. The SMILES string of the molecule is CN(CCn1c(=O)n(-c2ccc(Oc3ccccc3)cc2)c2c(N)ncnc21)C(=O)C(C#N)=CC(C)(C)N(C)C. The first-order chi connectivity index (χ1) is 19.0. The number of nitrogens with zero attached hydrogens (tertiary/aromatic N) is 7. The molecule has 4 aromatic rings. The van der Waals surface area contributed by atoms with Crippen LogP contribution in [0, 0.1) is 11.3 Å². The van der Waals surface area contributed by atoms with Crippen LogP contribution in [0.3, 0.4) is 0 Å². The highest BCUT2D eigenvalue weighted by molar-refractivity contribution is 5.97. The number of carbonyl (C=O) groups excluding carboxylic acids is 1. The van der Waals surface area contributed by atoms with Gasteiger partial charge in [0.05, 0.1) is 5.69 Å². The lowest BCUT2D eigenvalue weighted by molar-refractivity contribution is -0.125. The number of hydrogen-bond donors (Lipinski definition) is 1. The van der Waals surface area contributed by atoms with Crippen molar-refractivity contribution in [3.63, 3.8) is 0 Å². The van der Waals surface area contributed by atoms with Crippen LogP contribution in [0.1, 0.15) is 13.8 Å². The molecular weight excluding hydrogens is 508 g/mol. The van der Waals surface area contributed by atoms with Crippen LogP contribution < -0.4 is 16.2 Å². The van der Waals surface area contributed by atoms with Crippen LogP contribution in [0.15, 0.2) is 77.4 Å². The zero-order valence-corrected chi connectivity index (χ0v) is 23.2. The molecule has 1 amide bonds. The summed E-state index contributed by atoms with van der Waals surface area (Å²) in [5.74, 6) is 1.02. The monoisotopic (exact) mass is 540 g/mol. The number of nitriles is 1. The van der Waals surface area contributed by atoms with Crippen molar-refractivity contribution in [2.45, 2.75) is 25.9 Å². The Morgan fingerprint density at radius 2 is 1.73 bits per heavy atom. The highest BCUT2D eigenvalue weighted by Gasteiger charge is 2.24. The summed E-state index contributed by atoms with van der Waals surface area (Å²) in [4.78, 5) is 38.4. The Morgan fingerprint density at radius 3 is 2.35 bits per heavy atom. The molecule has 2 aromatic carbocycles. The Labute approximate surface area is 232 Å². The Balaban J connectivity index is 1.62. The standard InChI is InChI=1S/C29H32N8O3/c1-29(2,34(3)4)17-20(18-30)27(38)35(5)15-16-36-26-24(25(31)32-19-33-26)37(28(36)39)21-11-13-23(14-12-21)40-22-9-7-6-8-10-22/h6-14,17,19H,15-16H2,1-5H3,(H2,31,32,33). The molecule has 0 spiro atoms. The second-order valence-electron chi connectivity index (χ2n) is 10.1. The second kappa shape index (κ2) is 11.4. The highest BCUT2D eigenvalue weighted by Crippen LogP contribution is 2.25. The van der Waals surface area contributed by atoms with Crippen LogP contribution in [0.4, 0.5) is 5.82 Å². The van der Waals surface area contributed by atoms with E-state index in [4.69, 9.17) is 10.5 Å². The van der Waals surface area contributed by atoms with Gasteiger partial charge in [-0.3, -0.25) is 13.9 Å². The number of rotatable bonds is 9. The van der Waals surface area contributed by atoms with Gasteiger partial charge >= 0.3 is 5.69 Å². The number of nitrogens with two attached hydrogens (primary N) is 1. The Hall–Kier alpha value is -4.95. The highest BCUT2D eigenvalue weighted by atomic mass is 16.5. The molecule has 2 heterocycles. The molecular formula is C29H32N8O3. The van der Waals surface area contributed by atoms with Gasteiger partial charge in [0, 0.05) is 25.7 Å². The van der Waals surface area contributed by atoms with Gasteiger partial charge in [-0.05, 0) is 70.4 Å². The van der Waals surface area contributed by atoms with Crippen molar-refractivity contribution in [1.29, 1.82) is 5.26 Å². The van der Waals surface area contributed by atoms with E-state index < -0.39 is 11.4 Å². The van der Waals surface area contributed by atoms with Crippen LogP contribution in [-0.2, 0) is 11.3 Å². The van der Waals surface area contributed by atoms with Crippen LogP contribution in [0.2, 0.25) is 0 Å². The summed E-state index contributed by atoms with van der Waals surface area (Å²) in [6.07, 6.45) is 2.94. The van der Waals surface area contributed by atoms with Crippen molar-refractivity contribution >= 4 is 22.9 Å². The number of nitrogen functional groups attached to an aromatic ring is 1. The van der Waals surface area contributed by atoms with Crippen molar-refractivity contribution in [2.24, 2.45) is 0 Å². The number of ether oxygens (including phenoxy) is 1. The van der Waals surface area contributed by atoms with E-state index in [1.807, 2.05) is 69.2 Å². The molecule has 2 aromatic heterocycles. The van der Waals surface area contributed by atoms with E-state index >= 15 is 0 Å². The predicted molar refractivity (Wildman–Crippen MR) is 153 cm³/mol. The summed E-state index contributed by atoms with van der Waals surface area (Å²) in [5, 5.41) is 9.64. The average Bonchev–Trinajstić information content (AvgIpc) is 3.23. The zero-order chi connectivity index (χ0) is 29.0. The van der Waals surface area contributed by atoms with E-state index in [-0.39, 0.29) is 30.2 Å². The first kappa shape index (κ1) is 28.1. The molecule has 2 N–H and O–H groups in total. The molecule has 206 valence electrons. The van der Waals surface area contributed by atoms with Gasteiger partial charge in [-0.15, -0.1) is 0 Å². The van der Waals surface area contributed by atoms with Crippen molar-refractivity contribution in [2.75, 3.05) is 33.4 Å². The lowest BCUT2D eigenvalue weighted by Crippen LogP contribution is -2.38. The minimum absolute atomic E-state index is 0.0281. The molecule has 0 aliphatic heterocycles. The number of amides is 1. The van der Waals surface area contributed by atoms with Crippen molar-refractivity contribution in [3.8, 4) is 23.3 Å². The maximum atomic E-state index is 13.7. The van der Waals surface area contributed by atoms with E-state index in [9.17, 15) is 14.9 Å². The fourth-order valence-corrected chi connectivity index (χ4v) is 4.01. The Kier molecular flexibility index (Phi) is 8.02. The molecule has 40 heavy (non-hydrogen) atoms. The van der Waals surface area contributed by atoms with E-state index in [1.54, 1.807) is 37.4 Å². The lowest BCUT2D eigenvalue weighted by Gasteiger charge is -2.29. The smallest absolute Gasteiger partial charge is 0.335 e. The zero-order valence-electron chi connectivity index (χ0n) is 23.2. The minimum atomic E-state index is -0.498. The summed E-state index contributed by atoms with van der Waals surface area (Å²) < 4.78 is 8.76. The number of aromatic nitrogens is 4. The summed E-state index contributed by atoms with van der Waals surface area (Å²) in [5.41, 5.74) is 6.60. The number of carbonyl (C=O) groups is 1. The van der Waals surface area contributed by atoms with Crippen LogP contribution in [0.5, 0.6) is 11.5 Å². The van der Waals surface area contributed by atoms with Crippen molar-refractivity contribution in [1.82, 2.24) is 28.9 Å². The largest absolute Gasteiger partial charge is 0.457 e. The molecule has 0 unspecified atom stereocenters. The maximum absolute atomic E-state index is 13.7. The maximum Gasteiger partial charge on any atom is 0.335 e. The predicted octanol–water partition coefficient (Wildman–Crippen LogP) is 3.21. The third-order valence-electron chi connectivity index (χ3n) is 6.81. The third kappa shape index (κ3) is 5.72. The van der Waals surface area contributed by atoms with Gasteiger partial charge in [-0.25, -0.2) is 14.8 Å². The quantitative estimate of drug-likeness (QED) is 0.253. The van der Waals surface area contributed by atoms with Gasteiger partial charge < -0.3 is 20.3 Å². The number of benzene rings is 2. The summed E-state index contributed by atoms with van der Waals surface area (Å²) >= 11 is 0. The molecule has 11 heteroatoms. The van der Waals surface area contributed by atoms with Gasteiger partial charge in [0.15, 0.2) is 11.5 Å². The van der Waals surface area contributed by atoms with Crippen molar-refractivity contribution < 1.29 is 9.53 Å². The molecule has 0 bridgehead atoms. The van der Waals surface area contributed by atoms with Gasteiger partial charge in [0.2, 0.25) is 0 Å². The number of imidazole rings is 1. The Morgan fingerprint density at radius 1 is 1.07 bits per heavy atom. The summed E-state index contributed by atoms with van der Waals surface area (Å²) in [6, 6.07) is 18.4. The van der Waals surface area contributed by atoms with Crippen LogP contribution in [0.25, 0.3) is 16.9 Å². The number of anilines is 1. The van der Waals surface area contributed by atoms with E-state index in [0.29, 0.717) is 28.4 Å². The molecule has 0 fully saturated rings. The molecule has 0 aliphatic rings. The van der Waals surface area contributed by atoms with Crippen molar-refractivity contribution in [3.05, 3.63) is 83.1 Å². The molecule has 0 saturated carbocycles. The van der Waals surface area contributed by atoms with E-state index in [0.717, 1.165) is 0 Å². The van der Waals surface area contributed by atoms with Gasteiger partial charge in [0.1, 0.15) is 35.0 Å². The normalized spacial score (nSPS) is 12.0. The molecule has 4 rings (SSSR count). The van der Waals surface area contributed by atoms with E-state index in [2.05, 4.69) is 9.97 Å². The first-order valence-corrected chi connectivity index (χ1v) is 12.6. The number of hydrogen-bond acceptors (Lipinski definition) is 8.